The number of hydrogen-bond acceptors (Lipinski definition) is 2. The van der Waals surface area contributed by atoms with Crippen LogP contribution >= 0.6 is 11.6 Å². The fourth-order valence-corrected chi connectivity index (χ4v) is 2.68. The van der Waals surface area contributed by atoms with E-state index in [1.165, 1.54) is 7.05 Å². The molecule has 20 heavy (non-hydrogen) atoms. The van der Waals surface area contributed by atoms with Gasteiger partial charge < -0.3 is 4.90 Å². The number of aromatic nitrogens is 2. The summed E-state index contributed by atoms with van der Waals surface area (Å²) < 4.78 is 39.1. The van der Waals surface area contributed by atoms with E-state index in [1.54, 1.807) is 4.90 Å². The van der Waals surface area contributed by atoms with Gasteiger partial charge in [-0.3, -0.25) is 9.48 Å². The third-order valence-corrected chi connectivity index (χ3v) is 3.71. The minimum Gasteiger partial charge on any atom is -0.337 e. The average molecular weight is 310 g/mol. The molecule has 1 amide bonds. The third kappa shape index (κ3) is 2.92. The van der Waals surface area contributed by atoms with E-state index in [9.17, 15) is 18.0 Å². The van der Waals surface area contributed by atoms with Gasteiger partial charge in [-0.25, -0.2) is 0 Å². The van der Waals surface area contributed by atoms with Gasteiger partial charge in [-0.05, 0) is 12.8 Å². The molecule has 1 fully saturated rings. The summed E-state index contributed by atoms with van der Waals surface area (Å²) in [5.41, 5.74) is -1.40. The number of halogens is 4. The molecule has 0 bridgehead atoms. The Labute approximate surface area is 119 Å². The van der Waals surface area contributed by atoms with Crippen LogP contribution in [0.1, 0.15) is 41.9 Å². The Morgan fingerprint density at radius 2 is 1.75 bits per heavy atom. The molecule has 4 nitrogen and oxygen atoms in total. The predicted octanol–water partition coefficient (Wildman–Crippen LogP) is 3.11. The molecule has 112 valence electrons. The number of hydrogen-bond donors (Lipinski definition) is 0. The lowest BCUT2D eigenvalue weighted by Gasteiger charge is -2.20. The molecule has 1 saturated heterocycles. The number of rotatable bonds is 1. The first-order valence-corrected chi connectivity index (χ1v) is 6.79. The Morgan fingerprint density at radius 3 is 2.20 bits per heavy atom. The summed E-state index contributed by atoms with van der Waals surface area (Å²) in [6.45, 7) is 1.09. The zero-order valence-corrected chi connectivity index (χ0v) is 11.8. The molecule has 2 rings (SSSR count). The predicted molar refractivity (Wildman–Crippen MR) is 67.6 cm³/mol. The molecule has 0 unspecified atom stereocenters. The van der Waals surface area contributed by atoms with Gasteiger partial charge in [-0.2, -0.15) is 18.3 Å². The van der Waals surface area contributed by atoms with E-state index in [1.807, 2.05) is 0 Å². The largest absolute Gasteiger partial charge is 0.436 e. The van der Waals surface area contributed by atoms with Crippen molar-refractivity contribution < 1.29 is 18.0 Å². The van der Waals surface area contributed by atoms with Gasteiger partial charge in [0.25, 0.3) is 5.91 Å². The Bertz CT molecular complexity index is 505. The van der Waals surface area contributed by atoms with E-state index in [0.29, 0.717) is 13.1 Å². The highest BCUT2D eigenvalue weighted by Gasteiger charge is 2.40. The van der Waals surface area contributed by atoms with Gasteiger partial charge in [0.2, 0.25) is 0 Å². The van der Waals surface area contributed by atoms with E-state index < -0.39 is 22.8 Å². The van der Waals surface area contributed by atoms with E-state index in [-0.39, 0.29) is 5.69 Å². The van der Waals surface area contributed by atoms with Crippen LogP contribution in [0, 0.1) is 0 Å². The lowest BCUT2D eigenvalue weighted by atomic mass is 10.2. The second kappa shape index (κ2) is 5.63. The Kier molecular flexibility index (Phi) is 4.27. The minimum absolute atomic E-state index is 0.194. The maximum Gasteiger partial charge on any atom is 0.436 e. The molecule has 8 heteroatoms. The highest BCUT2D eigenvalue weighted by molar-refractivity contribution is 6.34. The second-order valence-corrected chi connectivity index (χ2v) is 5.22. The van der Waals surface area contributed by atoms with E-state index in [2.05, 4.69) is 5.10 Å². The van der Waals surface area contributed by atoms with Crippen LogP contribution in [0.25, 0.3) is 0 Å². The molecule has 0 aromatic carbocycles. The average Bonchev–Trinajstić information content (AvgIpc) is 2.57. The first-order chi connectivity index (χ1) is 9.32. The molecule has 0 N–H and O–H groups in total. The van der Waals surface area contributed by atoms with Gasteiger partial charge in [-0.1, -0.05) is 24.4 Å². The molecular formula is C12H15ClF3N3O. The second-order valence-electron chi connectivity index (χ2n) is 4.84. The van der Waals surface area contributed by atoms with Gasteiger partial charge >= 0.3 is 6.18 Å². The third-order valence-electron chi connectivity index (χ3n) is 3.35. The van der Waals surface area contributed by atoms with Crippen molar-refractivity contribution >= 4 is 17.5 Å². The molecule has 1 aromatic rings. The van der Waals surface area contributed by atoms with Crippen LogP contribution in [0.15, 0.2) is 0 Å². The van der Waals surface area contributed by atoms with Crippen LogP contribution in [-0.2, 0) is 13.2 Å². The van der Waals surface area contributed by atoms with E-state index in [4.69, 9.17) is 11.6 Å². The number of carbonyl (C=O) groups excluding carboxylic acids is 1. The number of likely N-dealkylation sites (tertiary alicyclic amines) is 1. The molecule has 0 atom stereocenters. The normalized spacial score (nSPS) is 17.1. The highest BCUT2D eigenvalue weighted by atomic mass is 35.5. The number of amides is 1. The quantitative estimate of drug-likeness (QED) is 0.799. The summed E-state index contributed by atoms with van der Waals surface area (Å²) in [4.78, 5) is 13.9. The Morgan fingerprint density at radius 1 is 1.20 bits per heavy atom. The van der Waals surface area contributed by atoms with Crippen LogP contribution in [-0.4, -0.2) is 33.7 Å². The maximum absolute atomic E-state index is 12.7. The number of aryl methyl sites for hydroxylation is 1. The fraction of sp³-hybridized carbons (Fsp3) is 0.667. The number of alkyl halides is 3. The van der Waals surface area contributed by atoms with Crippen LogP contribution in [0.5, 0.6) is 0 Å². The maximum atomic E-state index is 12.7. The molecule has 0 spiro atoms. The van der Waals surface area contributed by atoms with Crippen LogP contribution < -0.4 is 0 Å². The first kappa shape index (κ1) is 15.2. The van der Waals surface area contributed by atoms with Crippen molar-refractivity contribution in [2.24, 2.45) is 7.05 Å². The summed E-state index contributed by atoms with van der Waals surface area (Å²) in [6, 6.07) is 0. The topological polar surface area (TPSA) is 38.1 Å². The smallest absolute Gasteiger partial charge is 0.337 e. The first-order valence-electron chi connectivity index (χ1n) is 6.41. The lowest BCUT2D eigenvalue weighted by molar-refractivity contribution is -0.141. The summed E-state index contributed by atoms with van der Waals surface area (Å²) in [5.74, 6) is -0.484. The van der Waals surface area contributed by atoms with Crippen molar-refractivity contribution in [2.75, 3.05) is 13.1 Å². The van der Waals surface area contributed by atoms with Crippen molar-refractivity contribution in [3.8, 4) is 0 Å². The number of carbonyl (C=O) groups is 1. The van der Waals surface area contributed by atoms with Gasteiger partial charge in [0.1, 0.15) is 10.7 Å². The van der Waals surface area contributed by atoms with Crippen molar-refractivity contribution in [1.82, 2.24) is 14.7 Å². The molecule has 0 saturated carbocycles. The Hall–Kier alpha value is -1.24. The van der Waals surface area contributed by atoms with Crippen molar-refractivity contribution in [3.05, 3.63) is 16.4 Å². The van der Waals surface area contributed by atoms with Crippen molar-refractivity contribution in [2.45, 2.75) is 31.9 Å². The Balaban J connectivity index is 2.32. The molecule has 1 aliphatic rings. The molecule has 1 aliphatic heterocycles. The monoisotopic (exact) mass is 309 g/mol. The fourth-order valence-electron chi connectivity index (χ4n) is 2.34. The zero-order valence-electron chi connectivity index (χ0n) is 11.0. The lowest BCUT2D eigenvalue weighted by Crippen LogP contribution is -2.33. The van der Waals surface area contributed by atoms with Crippen LogP contribution in [0.4, 0.5) is 13.2 Å². The zero-order chi connectivity index (χ0) is 14.9. The highest BCUT2D eigenvalue weighted by Crippen LogP contribution is 2.35. The number of nitrogens with zero attached hydrogens (tertiary/aromatic N) is 3. The van der Waals surface area contributed by atoms with Gasteiger partial charge in [0.15, 0.2) is 5.69 Å². The van der Waals surface area contributed by atoms with Gasteiger partial charge in [0.05, 0.1) is 0 Å². The standard InChI is InChI=1S/C12H15ClF3N3O/c1-18-9(8(13)10(17-18)12(14,15)16)11(20)19-6-4-2-3-5-7-19/h2-7H2,1H3. The molecule has 0 aliphatic carbocycles. The van der Waals surface area contributed by atoms with E-state index >= 15 is 0 Å². The van der Waals surface area contributed by atoms with Crippen molar-refractivity contribution in [3.63, 3.8) is 0 Å². The van der Waals surface area contributed by atoms with Crippen molar-refractivity contribution in [1.29, 1.82) is 0 Å². The van der Waals surface area contributed by atoms with Gasteiger partial charge in [0, 0.05) is 20.1 Å². The molecule has 1 aromatic heterocycles. The summed E-state index contributed by atoms with van der Waals surface area (Å²) >= 11 is 5.72. The van der Waals surface area contributed by atoms with E-state index in [0.717, 1.165) is 30.4 Å². The van der Waals surface area contributed by atoms with Gasteiger partial charge in [-0.15, -0.1) is 0 Å². The summed E-state index contributed by atoms with van der Waals surface area (Å²) in [5, 5.41) is 2.72. The molecule has 2 heterocycles. The molecular weight excluding hydrogens is 295 g/mol. The van der Waals surface area contributed by atoms with Crippen LogP contribution in [0.3, 0.4) is 0 Å². The molecule has 0 radical (unpaired) electrons. The van der Waals surface area contributed by atoms with Crippen LogP contribution in [0.2, 0.25) is 5.02 Å². The SMILES string of the molecule is Cn1nc(C(F)(F)F)c(Cl)c1C(=O)N1CCCCCC1. The summed E-state index contributed by atoms with van der Waals surface area (Å²) in [7, 11) is 1.30. The minimum atomic E-state index is -4.66. The summed E-state index contributed by atoms with van der Waals surface area (Å²) in [6.07, 6.45) is -0.903.